The van der Waals surface area contributed by atoms with Gasteiger partial charge in [0, 0.05) is 35.1 Å². The lowest BCUT2D eigenvalue weighted by Crippen LogP contribution is -2.40. The third-order valence-corrected chi connectivity index (χ3v) is 8.87. The number of rotatable bonds is 4. The highest BCUT2D eigenvalue weighted by molar-refractivity contribution is 7.22. The van der Waals surface area contributed by atoms with Gasteiger partial charge in [-0.2, -0.15) is 0 Å². The molecule has 1 aromatic carbocycles. The number of nitrogens with zero attached hydrogens (tertiary/aromatic N) is 3. The number of carbonyl (C=O) groups is 1. The number of benzene rings is 1. The fourth-order valence-electron chi connectivity index (χ4n) is 4.37. The first-order chi connectivity index (χ1) is 18.4. The molecule has 0 saturated carbocycles. The van der Waals surface area contributed by atoms with E-state index in [4.69, 9.17) is 21.1 Å². The number of aromatic amines is 1. The summed E-state index contributed by atoms with van der Waals surface area (Å²) < 4.78 is 26.3. The molecule has 0 spiro atoms. The predicted molar refractivity (Wildman–Crippen MR) is 145 cm³/mol. The van der Waals surface area contributed by atoms with E-state index in [-0.39, 0.29) is 27.1 Å². The number of fused-ring (bicyclic) bond motifs is 2. The number of hydrogen-bond acceptors (Lipinski definition) is 8. The fourth-order valence-corrected chi connectivity index (χ4v) is 6.85. The lowest BCUT2D eigenvalue weighted by Gasteiger charge is -2.26. The first-order valence-corrected chi connectivity index (χ1v) is 13.4. The molecule has 1 saturated heterocycles. The molecule has 194 valence electrons. The van der Waals surface area contributed by atoms with Crippen LogP contribution in [0, 0.1) is 5.82 Å². The summed E-state index contributed by atoms with van der Waals surface area (Å²) in [4.78, 5) is 49.5. The maximum atomic E-state index is 14.1. The Morgan fingerprint density at radius 3 is 2.68 bits per heavy atom. The van der Waals surface area contributed by atoms with E-state index >= 15 is 0 Å². The van der Waals surface area contributed by atoms with Gasteiger partial charge in [0.2, 0.25) is 0 Å². The zero-order valence-electron chi connectivity index (χ0n) is 19.7. The molecule has 0 atom stereocenters. The average molecular weight is 573 g/mol. The summed E-state index contributed by atoms with van der Waals surface area (Å²) in [6.07, 6.45) is 3.02. The molecule has 1 aliphatic heterocycles. The standard InChI is InChI=1S/C25H18ClFN4O5S2/c1-35-18-7-13(14(26)8-15(18)27)19-9-16-22(37-19)24(33)31(25(34)29-16)17-11-28-10-12-6-20(38-21(12)17)23(32)30-2-4-36-5-3-30/h6-11H,2-5H2,1H3,(H,29,34). The van der Waals surface area contributed by atoms with Gasteiger partial charge in [0.05, 0.1) is 52.3 Å². The molecule has 6 rings (SSSR count). The lowest BCUT2D eigenvalue weighted by molar-refractivity contribution is 0.0306. The SMILES string of the molecule is COc1cc(-c2cc3[nH]c(=O)n(-c4cncc5cc(C(=O)N6CCOCC6)sc45)c(=O)c3s2)c(Cl)cc1F. The zero-order valence-corrected chi connectivity index (χ0v) is 22.1. The molecule has 1 amide bonds. The highest BCUT2D eigenvalue weighted by Crippen LogP contribution is 2.38. The number of H-pyrrole nitrogens is 1. The highest BCUT2D eigenvalue weighted by Gasteiger charge is 2.23. The van der Waals surface area contributed by atoms with E-state index in [9.17, 15) is 18.8 Å². The van der Waals surface area contributed by atoms with Crippen LogP contribution in [0.3, 0.4) is 0 Å². The largest absolute Gasteiger partial charge is 0.494 e. The number of nitrogens with one attached hydrogen (secondary N) is 1. The Labute approximate surface area is 226 Å². The van der Waals surface area contributed by atoms with Crippen LogP contribution in [0.15, 0.2) is 46.2 Å². The Morgan fingerprint density at radius 1 is 1.13 bits per heavy atom. The summed E-state index contributed by atoms with van der Waals surface area (Å²) in [7, 11) is 1.34. The minimum Gasteiger partial charge on any atom is -0.494 e. The van der Waals surface area contributed by atoms with E-state index in [0.717, 1.165) is 22.0 Å². The van der Waals surface area contributed by atoms with E-state index in [1.54, 1.807) is 23.2 Å². The van der Waals surface area contributed by atoms with Gasteiger partial charge in [-0.1, -0.05) is 11.6 Å². The maximum absolute atomic E-state index is 14.1. The van der Waals surface area contributed by atoms with Gasteiger partial charge in [-0.3, -0.25) is 14.6 Å². The zero-order chi connectivity index (χ0) is 26.6. The predicted octanol–water partition coefficient (Wildman–Crippen LogP) is 4.29. The second kappa shape index (κ2) is 9.62. The Balaban J connectivity index is 1.48. The topological polar surface area (TPSA) is 107 Å². The molecule has 1 aliphatic rings. The van der Waals surface area contributed by atoms with Gasteiger partial charge in [0.1, 0.15) is 4.70 Å². The summed E-state index contributed by atoms with van der Waals surface area (Å²) in [5.74, 6) is -0.738. The molecule has 1 fully saturated rings. The summed E-state index contributed by atoms with van der Waals surface area (Å²) in [6.45, 7) is 1.96. The summed E-state index contributed by atoms with van der Waals surface area (Å²) >= 11 is 8.60. The number of carbonyl (C=O) groups excluding carboxylic acids is 1. The van der Waals surface area contributed by atoms with Gasteiger partial charge in [0.25, 0.3) is 11.5 Å². The molecular weight excluding hydrogens is 555 g/mol. The van der Waals surface area contributed by atoms with Gasteiger partial charge in [-0.15, -0.1) is 22.7 Å². The molecule has 1 N–H and O–H groups in total. The lowest BCUT2D eigenvalue weighted by atomic mass is 10.1. The molecule has 0 unspecified atom stereocenters. The second-order valence-corrected chi connectivity index (χ2v) is 11.0. The van der Waals surface area contributed by atoms with Gasteiger partial charge in [0.15, 0.2) is 11.6 Å². The van der Waals surface area contributed by atoms with E-state index < -0.39 is 17.1 Å². The van der Waals surface area contributed by atoms with E-state index in [0.29, 0.717) is 57.2 Å². The van der Waals surface area contributed by atoms with Crippen LogP contribution in [-0.4, -0.2) is 58.8 Å². The van der Waals surface area contributed by atoms with Crippen molar-refractivity contribution in [1.82, 2.24) is 19.4 Å². The number of aromatic nitrogens is 3. The third kappa shape index (κ3) is 4.09. The Bertz CT molecular complexity index is 1850. The van der Waals surface area contributed by atoms with Gasteiger partial charge in [-0.05, 0) is 24.3 Å². The quantitative estimate of drug-likeness (QED) is 0.344. The van der Waals surface area contributed by atoms with Crippen molar-refractivity contribution in [2.24, 2.45) is 0 Å². The van der Waals surface area contributed by atoms with Crippen molar-refractivity contribution in [2.75, 3.05) is 33.4 Å². The summed E-state index contributed by atoms with van der Waals surface area (Å²) in [6, 6.07) is 5.93. The Hall–Kier alpha value is -3.58. The van der Waals surface area contributed by atoms with Crippen LogP contribution < -0.4 is 16.0 Å². The van der Waals surface area contributed by atoms with Crippen LogP contribution in [0.2, 0.25) is 5.02 Å². The number of ether oxygens (including phenoxy) is 2. The number of hydrogen-bond donors (Lipinski definition) is 1. The minimum absolute atomic E-state index is 0.00522. The average Bonchev–Trinajstić information content (AvgIpc) is 3.54. The molecule has 4 aromatic heterocycles. The Morgan fingerprint density at radius 2 is 1.92 bits per heavy atom. The van der Waals surface area contributed by atoms with Crippen LogP contribution in [0.4, 0.5) is 4.39 Å². The molecular formula is C25H18ClFN4O5S2. The molecule has 9 nitrogen and oxygen atoms in total. The van der Waals surface area contributed by atoms with Gasteiger partial charge < -0.3 is 19.4 Å². The molecule has 0 radical (unpaired) electrons. The number of methoxy groups -OCH3 is 1. The minimum atomic E-state index is -0.654. The maximum Gasteiger partial charge on any atom is 0.333 e. The van der Waals surface area contributed by atoms with Crippen molar-refractivity contribution in [3.05, 3.63) is 73.2 Å². The van der Waals surface area contributed by atoms with Crippen LogP contribution in [0.25, 0.3) is 36.4 Å². The van der Waals surface area contributed by atoms with Crippen molar-refractivity contribution >= 4 is 60.5 Å². The molecule has 5 heterocycles. The Kier molecular flexibility index (Phi) is 6.26. The molecule has 0 aliphatic carbocycles. The smallest absolute Gasteiger partial charge is 0.333 e. The van der Waals surface area contributed by atoms with Crippen LogP contribution in [0.5, 0.6) is 5.75 Å². The number of amides is 1. The monoisotopic (exact) mass is 572 g/mol. The summed E-state index contributed by atoms with van der Waals surface area (Å²) in [5.41, 5.74) is -0.137. The number of thiophene rings is 2. The van der Waals surface area contributed by atoms with Crippen molar-refractivity contribution in [1.29, 1.82) is 0 Å². The van der Waals surface area contributed by atoms with E-state index in [1.165, 1.54) is 30.7 Å². The number of pyridine rings is 1. The summed E-state index contributed by atoms with van der Waals surface area (Å²) in [5, 5.41) is 0.787. The molecule has 38 heavy (non-hydrogen) atoms. The van der Waals surface area contributed by atoms with Crippen LogP contribution in [-0.2, 0) is 4.74 Å². The van der Waals surface area contributed by atoms with Crippen molar-refractivity contribution < 1.29 is 18.7 Å². The third-order valence-electron chi connectivity index (χ3n) is 6.23. The second-order valence-electron chi connectivity index (χ2n) is 8.48. The first kappa shape index (κ1) is 24.7. The van der Waals surface area contributed by atoms with Crippen molar-refractivity contribution in [3.8, 4) is 21.9 Å². The molecule has 5 aromatic rings. The molecule has 0 bridgehead atoms. The van der Waals surface area contributed by atoms with Gasteiger partial charge in [-0.25, -0.2) is 13.8 Å². The van der Waals surface area contributed by atoms with E-state index in [2.05, 4.69) is 9.97 Å². The first-order valence-electron chi connectivity index (χ1n) is 11.4. The number of halogens is 2. The van der Waals surface area contributed by atoms with Crippen molar-refractivity contribution in [3.63, 3.8) is 0 Å². The van der Waals surface area contributed by atoms with E-state index in [1.807, 2.05) is 0 Å². The normalized spacial score (nSPS) is 13.9. The van der Waals surface area contributed by atoms with Gasteiger partial charge >= 0.3 is 5.69 Å². The van der Waals surface area contributed by atoms with Crippen LogP contribution in [0.1, 0.15) is 9.67 Å². The highest BCUT2D eigenvalue weighted by atomic mass is 35.5. The fraction of sp³-hybridized carbons (Fsp3) is 0.200. The van der Waals surface area contributed by atoms with Crippen molar-refractivity contribution in [2.45, 2.75) is 0 Å². The van der Waals surface area contributed by atoms with Crippen LogP contribution >= 0.6 is 34.3 Å². The molecule has 13 heteroatoms. The number of morpholine rings is 1.